The molecule has 0 aliphatic carbocycles. The molecular weight excluding hydrogens is 236 g/mol. The molecule has 0 amide bonds. The zero-order chi connectivity index (χ0) is 12.5. The zero-order valence-electron chi connectivity index (χ0n) is 9.28. The van der Waals surface area contributed by atoms with Crippen LogP contribution in [0.2, 0.25) is 0 Å². The highest BCUT2D eigenvalue weighted by atomic mass is 17.2. The number of benzene rings is 1. The minimum absolute atomic E-state index is 0.332. The molecule has 0 radical (unpaired) electrons. The molecular formula is C12H10N2O4. The third kappa shape index (κ3) is 1.52. The van der Waals surface area contributed by atoms with Crippen LogP contribution >= 0.6 is 0 Å². The molecule has 0 bridgehead atoms. The molecule has 0 spiro atoms. The minimum atomic E-state index is 0.332. The summed E-state index contributed by atoms with van der Waals surface area (Å²) < 4.78 is 0. The summed E-state index contributed by atoms with van der Waals surface area (Å²) in [4.78, 5) is 12.9. The number of fused-ring (bicyclic) bond motifs is 3. The van der Waals surface area contributed by atoms with Gasteiger partial charge in [0.15, 0.2) is 5.75 Å². The monoisotopic (exact) mass is 246 g/mol. The Hall–Kier alpha value is -2.15. The molecule has 92 valence electrons. The second-order valence-corrected chi connectivity index (χ2v) is 3.84. The summed E-state index contributed by atoms with van der Waals surface area (Å²) in [5.41, 5.74) is 2.17. The van der Waals surface area contributed by atoms with Gasteiger partial charge in [0.25, 0.3) is 0 Å². The highest BCUT2D eigenvalue weighted by molar-refractivity contribution is 5.96. The summed E-state index contributed by atoms with van der Waals surface area (Å²) in [7, 11) is 0. The molecule has 18 heavy (non-hydrogen) atoms. The van der Waals surface area contributed by atoms with E-state index in [1.54, 1.807) is 24.4 Å². The molecule has 1 aliphatic rings. The first-order chi connectivity index (χ1) is 8.85. The topological polar surface area (TPSA) is 75.1 Å². The second kappa shape index (κ2) is 4.26. The predicted molar refractivity (Wildman–Crippen MR) is 65.1 cm³/mol. The third-order valence-electron chi connectivity index (χ3n) is 2.91. The minimum Gasteiger partial charge on any atom is -0.339 e. The molecule has 2 N–H and O–H groups in total. The van der Waals surface area contributed by atoms with Gasteiger partial charge in [-0.3, -0.25) is 4.98 Å². The molecule has 0 fully saturated rings. The van der Waals surface area contributed by atoms with Crippen molar-refractivity contribution in [3.05, 3.63) is 36.0 Å². The highest BCUT2D eigenvalue weighted by Crippen LogP contribution is 2.34. The number of anilines is 1. The van der Waals surface area contributed by atoms with Gasteiger partial charge in [-0.25, -0.2) is 15.6 Å². The normalized spacial score (nSPS) is 13.8. The van der Waals surface area contributed by atoms with E-state index in [9.17, 15) is 0 Å². The first-order valence-corrected chi connectivity index (χ1v) is 5.34. The number of rotatable bonds is 2. The van der Waals surface area contributed by atoms with E-state index in [2.05, 4.69) is 14.9 Å². The van der Waals surface area contributed by atoms with E-state index in [0.717, 1.165) is 5.56 Å². The van der Waals surface area contributed by atoms with Crippen LogP contribution < -0.4 is 9.95 Å². The number of hydrogen-bond donors (Lipinski definition) is 2. The largest absolute Gasteiger partial charge is 0.339 e. The average Bonchev–Trinajstić information content (AvgIpc) is 2.45. The van der Waals surface area contributed by atoms with Crippen molar-refractivity contribution in [3.63, 3.8) is 0 Å². The molecule has 1 aromatic carbocycles. The van der Waals surface area contributed by atoms with Gasteiger partial charge >= 0.3 is 0 Å². The Morgan fingerprint density at radius 1 is 1.22 bits per heavy atom. The molecule has 1 aliphatic heterocycles. The number of hydrogen-bond acceptors (Lipinski definition) is 6. The van der Waals surface area contributed by atoms with Crippen LogP contribution in [0.1, 0.15) is 5.56 Å². The van der Waals surface area contributed by atoms with E-state index < -0.39 is 0 Å². The molecule has 1 aromatic heterocycles. The quantitative estimate of drug-likeness (QED) is 0.625. The van der Waals surface area contributed by atoms with E-state index in [0.29, 0.717) is 28.9 Å². The first kappa shape index (κ1) is 11.0. The standard InChI is InChI=1S/C12H10N2O4/c15-17-11-5-6-13-12-8-2-1-7-14(18-16)10(8)4-3-9(11)12/h1-6,15-16H,7H2. The Morgan fingerprint density at radius 2 is 2.11 bits per heavy atom. The maximum Gasteiger partial charge on any atom is 0.176 e. The maximum absolute atomic E-state index is 8.82. The van der Waals surface area contributed by atoms with Crippen LogP contribution in [0, 0.1) is 0 Å². The molecule has 0 unspecified atom stereocenters. The summed E-state index contributed by atoms with van der Waals surface area (Å²) in [6.07, 6.45) is 5.27. The summed E-state index contributed by atoms with van der Waals surface area (Å²) >= 11 is 0. The molecule has 3 rings (SSSR count). The van der Waals surface area contributed by atoms with E-state index >= 15 is 0 Å². The summed E-state index contributed by atoms with van der Waals surface area (Å²) in [6, 6.07) is 5.08. The van der Waals surface area contributed by atoms with Crippen LogP contribution in [-0.4, -0.2) is 22.0 Å². The van der Waals surface area contributed by atoms with Gasteiger partial charge in [-0.15, -0.1) is 4.99 Å². The molecule has 0 saturated heterocycles. The van der Waals surface area contributed by atoms with E-state index in [1.165, 1.54) is 5.06 Å². The van der Waals surface area contributed by atoms with Crippen molar-refractivity contribution in [3.8, 4) is 5.75 Å². The van der Waals surface area contributed by atoms with E-state index in [4.69, 9.17) is 10.5 Å². The molecule has 6 heteroatoms. The molecule has 0 saturated carbocycles. The first-order valence-electron chi connectivity index (χ1n) is 5.34. The van der Waals surface area contributed by atoms with Crippen LogP contribution in [0.4, 0.5) is 5.69 Å². The second-order valence-electron chi connectivity index (χ2n) is 3.84. The van der Waals surface area contributed by atoms with Crippen molar-refractivity contribution < 1.29 is 20.4 Å². The third-order valence-corrected chi connectivity index (χ3v) is 2.91. The van der Waals surface area contributed by atoms with Gasteiger partial charge in [-0.1, -0.05) is 12.2 Å². The lowest BCUT2D eigenvalue weighted by molar-refractivity contribution is -0.252. The van der Waals surface area contributed by atoms with Crippen molar-refractivity contribution in [2.24, 2.45) is 0 Å². The van der Waals surface area contributed by atoms with Crippen LogP contribution in [0.25, 0.3) is 17.0 Å². The Labute approximate surface area is 102 Å². The van der Waals surface area contributed by atoms with Gasteiger partial charge in [0.05, 0.1) is 17.7 Å². The number of aromatic nitrogens is 1. The Morgan fingerprint density at radius 3 is 2.89 bits per heavy atom. The Kier molecular flexibility index (Phi) is 2.60. The van der Waals surface area contributed by atoms with Crippen LogP contribution in [-0.2, 0) is 4.99 Å². The lowest BCUT2D eigenvalue weighted by Gasteiger charge is -2.23. The molecule has 2 heterocycles. The maximum atomic E-state index is 8.82. The summed E-state index contributed by atoms with van der Waals surface area (Å²) in [5, 5.41) is 19.7. The summed E-state index contributed by atoms with van der Waals surface area (Å²) in [6.45, 7) is 0.450. The van der Waals surface area contributed by atoms with Crippen LogP contribution in [0.15, 0.2) is 30.5 Å². The van der Waals surface area contributed by atoms with Gasteiger partial charge < -0.3 is 4.89 Å². The average molecular weight is 246 g/mol. The van der Waals surface area contributed by atoms with Gasteiger partial charge in [0, 0.05) is 23.2 Å². The van der Waals surface area contributed by atoms with Crippen LogP contribution in [0.3, 0.4) is 0 Å². The smallest absolute Gasteiger partial charge is 0.176 e. The highest BCUT2D eigenvalue weighted by Gasteiger charge is 2.18. The lowest BCUT2D eigenvalue weighted by atomic mass is 10.0. The zero-order valence-corrected chi connectivity index (χ0v) is 9.28. The SMILES string of the molecule is OOc1ccnc2c3c(ccc12)N(OO)CC=C3. The van der Waals surface area contributed by atoms with Gasteiger partial charge in [-0.2, -0.15) is 0 Å². The lowest BCUT2D eigenvalue weighted by Crippen LogP contribution is -2.24. The molecule has 6 nitrogen and oxygen atoms in total. The van der Waals surface area contributed by atoms with Crippen molar-refractivity contribution in [1.82, 2.24) is 4.98 Å². The van der Waals surface area contributed by atoms with Crippen molar-refractivity contribution >= 4 is 22.7 Å². The van der Waals surface area contributed by atoms with E-state index in [1.807, 2.05) is 12.2 Å². The van der Waals surface area contributed by atoms with Crippen molar-refractivity contribution in [1.29, 1.82) is 0 Å². The number of pyridine rings is 1. The van der Waals surface area contributed by atoms with Crippen LogP contribution in [0.5, 0.6) is 5.75 Å². The molecule has 2 aromatic rings. The fourth-order valence-corrected chi connectivity index (χ4v) is 2.11. The summed E-state index contributed by atoms with van der Waals surface area (Å²) in [5.74, 6) is 0.332. The van der Waals surface area contributed by atoms with Gasteiger partial charge in [0.2, 0.25) is 0 Å². The van der Waals surface area contributed by atoms with Gasteiger partial charge in [-0.05, 0) is 12.1 Å². The Bertz CT molecular complexity index is 627. The van der Waals surface area contributed by atoms with Gasteiger partial charge in [0.1, 0.15) is 0 Å². The molecule has 0 atom stereocenters. The van der Waals surface area contributed by atoms with Crippen molar-refractivity contribution in [2.75, 3.05) is 11.6 Å². The Balaban J connectivity index is 2.30. The predicted octanol–water partition coefficient (Wildman–Crippen LogP) is 2.32. The fraction of sp³-hybridized carbons (Fsp3) is 0.0833. The van der Waals surface area contributed by atoms with E-state index in [-0.39, 0.29) is 0 Å². The number of hydroxylamine groups is 1. The van der Waals surface area contributed by atoms with Crippen molar-refractivity contribution in [2.45, 2.75) is 0 Å². The number of nitrogens with zero attached hydrogens (tertiary/aromatic N) is 2. The fourth-order valence-electron chi connectivity index (χ4n) is 2.11.